The van der Waals surface area contributed by atoms with Gasteiger partial charge >= 0.3 is 0 Å². The summed E-state index contributed by atoms with van der Waals surface area (Å²) in [6, 6.07) is 4.79. The summed E-state index contributed by atoms with van der Waals surface area (Å²) in [6.07, 6.45) is 0.465. The molecule has 126 valence electrons. The summed E-state index contributed by atoms with van der Waals surface area (Å²) in [5, 5.41) is 47.6. The first-order valence-corrected chi connectivity index (χ1v) is 7.31. The maximum atomic E-state index is 12.3. The van der Waals surface area contributed by atoms with Crippen LogP contribution in [0.25, 0.3) is 0 Å². The van der Waals surface area contributed by atoms with Crippen LogP contribution in [0.4, 0.5) is 0 Å². The zero-order valence-corrected chi connectivity index (χ0v) is 12.6. The lowest BCUT2D eigenvalue weighted by Gasteiger charge is -2.25. The fraction of sp³-hybridized carbons (Fsp3) is 0.235. The van der Waals surface area contributed by atoms with Gasteiger partial charge in [-0.1, -0.05) is 0 Å². The first-order valence-electron chi connectivity index (χ1n) is 7.31. The number of aromatic hydroxyl groups is 5. The minimum atomic E-state index is -0.675. The number of fused-ring (bicyclic) bond motifs is 1. The van der Waals surface area contributed by atoms with Crippen LogP contribution in [0.3, 0.4) is 0 Å². The number of phenolic OH excluding ortho intramolecular Hbond substituents is 5. The smallest absolute Gasteiger partial charge is 0.200 e. The van der Waals surface area contributed by atoms with Crippen LogP contribution in [-0.2, 0) is 6.42 Å². The molecular formula is C17H16O7. The molecule has 0 amide bonds. The fourth-order valence-corrected chi connectivity index (χ4v) is 2.78. The highest BCUT2D eigenvalue weighted by Gasteiger charge is 2.26. The van der Waals surface area contributed by atoms with Crippen molar-refractivity contribution in [1.29, 1.82) is 0 Å². The molecule has 3 rings (SSSR count). The third kappa shape index (κ3) is 2.88. The van der Waals surface area contributed by atoms with E-state index < -0.39 is 17.2 Å². The third-order valence-corrected chi connectivity index (χ3v) is 4.00. The van der Waals surface area contributed by atoms with E-state index in [1.807, 2.05) is 0 Å². The normalized spacial score (nSPS) is 16.2. The zero-order chi connectivity index (χ0) is 17.4. The summed E-state index contributed by atoms with van der Waals surface area (Å²) in [4.78, 5) is 12.3. The molecule has 1 heterocycles. The van der Waals surface area contributed by atoms with E-state index in [2.05, 4.69) is 0 Å². The van der Waals surface area contributed by atoms with Crippen LogP contribution >= 0.6 is 0 Å². The van der Waals surface area contributed by atoms with E-state index in [0.717, 1.165) is 12.1 Å². The lowest BCUT2D eigenvalue weighted by molar-refractivity contribution is 0.0932. The summed E-state index contributed by atoms with van der Waals surface area (Å²) >= 11 is 0. The van der Waals surface area contributed by atoms with Gasteiger partial charge in [0.15, 0.2) is 23.0 Å². The second-order valence-electron chi connectivity index (χ2n) is 5.81. The van der Waals surface area contributed by atoms with Crippen LogP contribution in [0.2, 0.25) is 0 Å². The van der Waals surface area contributed by atoms with Crippen LogP contribution in [0.5, 0.6) is 34.5 Å². The number of Topliss-reactive ketones (excluding diaryl/α,β-unsaturated/α-hetero) is 1. The highest BCUT2D eigenvalue weighted by Crippen LogP contribution is 2.39. The van der Waals surface area contributed by atoms with Crippen molar-refractivity contribution in [3.8, 4) is 34.5 Å². The number of ether oxygens (including phenoxy) is 1. The summed E-state index contributed by atoms with van der Waals surface area (Å²) in [6.45, 7) is 0.234. The van der Waals surface area contributed by atoms with Crippen LogP contribution in [0.15, 0.2) is 24.3 Å². The summed E-state index contributed by atoms with van der Waals surface area (Å²) in [5.41, 5.74) is 0.594. The van der Waals surface area contributed by atoms with Gasteiger partial charge in [0.25, 0.3) is 0 Å². The first-order chi connectivity index (χ1) is 11.3. The maximum absolute atomic E-state index is 12.3. The monoisotopic (exact) mass is 332 g/mol. The number of ketones is 1. The Hall–Kier alpha value is -3.09. The molecule has 0 saturated carbocycles. The van der Waals surface area contributed by atoms with Gasteiger partial charge in [-0.2, -0.15) is 0 Å². The van der Waals surface area contributed by atoms with Crippen molar-refractivity contribution >= 4 is 5.78 Å². The molecule has 1 aliphatic heterocycles. The van der Waals surface area contributed by atoms with E-state index in [9.17, 15) is 30.3 Å². The fourth-order valence-electron chi connectivity index (χ4n) is 2.78. The highest BCUT2D eigenvalue weighted by molar-refractivity contribution is 5.97. The number of carbonyl (C=O) groups is 1. The molecular weight excluding hydrogens is 316 g/mol. The second-order valence-corrected chi connectivity index (χ2v) is 5.81. The number of rotatable bonds is 3. The second kappa shape index (κ2) is 5.84. The Bertz CT molecular complexity index is 790. The van der Waals surface area contributed by atoms with Gasteiger partial charge in [0.05, 0.1) is 6.61 Å². The average Bonchev–Trinajstić information content (AvgIpc) is 2.52. The van der Waals surface area contributed by atoms with E-state index in [0.29, 0.717) is 17.7 Å². The largest absolute Gasteiger partial charge is 0.508 e. The number of benzene rings is 2. The molecule has 0 radical (unpaired) electrons. The standard InChI is InChI=1S/C17H16O7/c18-10-5-13(20)11-1-8(7-24-16(11)6-10)2-12(19)9-3-14(21)17(23)15(22)4-9/h3-6,8,18,20-23H,1-2,7H2. The Morgan fingerprint density at radius 1 is 1.00 bits per heavy atom. The van der Waals surface area contributed by atoms with Gasteiger partial charge in [0, 0.05) is 35.6 Å². The van der Waals surface area contributed by atoms with Crippen molar-refractivity contribution in [3.05, 3.63) is 35.4 Å². The Labute approximate surface area is 137 Å². The molecule has 2 aromatic carbocycles. The maximum Gasteiger partial charge on any atom is 0.200 e. The van der Waals surface area contributed by atoms with E-state index in [4.69, 9.17) is 4.74 Å². The molecule has 24 heavy (non-hydrogen) atoms. The Kier molecular flexibility index (Phi) is 3.84. The summed E-state index contributed by atoms with van der Waals surface area (Å²) in [7, 11) is 0. The van der Waals surface area contributed by atoms with Gasteiger partial charge in [0.1, 0.15) is 17.2 Å². The van der Waals surface area contributed by atoms with Gasteiger partial charge in [-0.15, -0.1) is 0 Å². The lowest BCUT2D eigenvalue weighted by Crippen LogP contribution is -2.23. The average molecular weight is 332 g/mol. The molecule has 7 heteroatoms. The van der Waals surface area contributed by atoms with Crippen molar-refractivity contribution in [2.45, 2.75) is 12.8 Å². The number of carbonyl (C=O) groups excluding carboxylic acids is 1. The van der Waals surface area contributed by atoms with E-state index in [-0.39, 0.29) is 41.8 Å². The molecule has 1 atom stereocenters. The minimum Gasteiger partial charge on any atom is -0.508 e. The first kappa shape index (κ1) is 15.8. The third-order valence-electron chi connectivity index (χ3n) is 4.00. The van der Waals surface area contributed by atoms with E-state index in [1.54, 1.807) is 0 Å². The summed E-state index contributed by atoms with van der Waals surface area (Å²) < 4.78 is 5.49. The van der Waals surface area contributed by atoms with E-state index in [1.165, 1.54) is 12.1 Å². The molecule has 5 N–H and O–H groups in total. The van der Waals surface area contributed by atoms with Crippen LogP contribution in [-0.4, -0.2) is 37.9 Å². The molecule has 1 unspecified atom stereocenters. The number of phenols is 5. The molecule has 0 aliphatic carbocycles. The van der Waals surface area contributed by atoms with E-state index >= 15 is 0 Å². The summed E-state index contributed by atoms with van der Waals surface area (Å²) in [5.74, 6) is -2.18. The van der Waals surface area contributed by atoms with Gasteiger partial charge in [-0.05, 0) is 18.6 Å². The van der Waals surface area contributed by atoms with Crippen molar-refractivity contribution in [2.24, 2.45) is 5.92 Å². The SMILES string of the molecule is O=C(CC1COc2cc(O)cc(O)c2C1)c1cc(O)c(O)c(O)c1. The molecule has 0 spiro atoms. The molecule has 7 nitrogen and oxygen atoms in total. The number of hydrogen-bond acceptors (Lipinski definition) is 7. The lowest BCUT2D eigenvalue weighted by atomic mass is 9.90. The Balaban J connectivity index is 1.76. The van der Waals surface area contributed by atoms with Gasteiger partial charge in [0.2, 0.25) is 0 Å². The predicted molar refractivity (Wildman–Crippen MR) is 82.8 cm³/mol. The van der Waals surface area contributed by atoms with Gasteiger partial charge in [-0.25, -0.2) is 0 Å². The van der Waals surface area contributed by atoms with Gasteiger partial charge < -0.3 is 30.3 Å². The molecule has 0 saturated heterocycles. The van der Waals surface area contributed by atoms with Crippen molar-refractivity contribution in [3.63, 3.8) is 0 Å². The van der Waals surface area contributed by atoms with Crippen LogP contribution in [0, 0.1) is 5.92 Å². The molecule has 0 bridgehead atoms. The topological polar surface area (TPSA) is 127 Å². The minimum absolute atomic E-state index is 0.0727. The van der Waals surface area contributed by atoms with Gasteiger partial charge in [-0.3, -0.25) is 4.79 Å². The zero-order valence-electron chi connectivity index (χ0n) is 12.6. The highest BCUT2D eigenvalue weighted by atomic mass is 16.5. The number of hydrogen-bond donors (Lipinski definition) is 5. The van der Waals surface area contributed by atoms with Crippen molar-refractivity contribution in [2.75, 3.05) is 6.61 Å². The Morgan fingerprint density at radius 3 is 2.33 bits per heavy atom. The molecule has 0 fully saturated rings. The molecule has 2 aromatic rings. The predicted octanol–water partition coefficient (Wildman–Crippen LogP) is 2.04. The Morgan fingerprint density at radius 2 is 1.67 bits per heavy atom. The quantitative estimate of drug-likeness (QED) is 0.430. The van der Waals surface area contributed by atoms with Crippen LogP contribution < -0.4 is 4.74 Å². The van der Waals surface area contributed by atoms with Crippen molar-refractivity contribution < 1.29 is 35.1 Å². The molecule has 1 aliphatic rings. The van der Waals surface area contributed by atoms with Crippen LogP contribution in [0.1, 0.15) is 22.3 Å². The molecule has 0 aromatic heterocycles. The van der Waals surface area contributed by atoms with Crippen molar-refractivity contribution in [1.82, 2.24) is 0 Å².